The summed E-state index contributed by atoms with van der Waals surface area (Å²) in [5.74, 6) is 0. The maximum atomic E-state index is 5.32. The molecule has 0 unspecified atom stereocenters. The van der Waals surface area contributed by atoms with Crippen molar-refractivity contribution in [1.82, 2.24) is 0 Å². The van der Waals surface area contributed by atoms with Gasteiger partial charge in [-0.05, 0) is 35.3 Å². The third-order valence-electron chi connectivity index (χ3n) is 4.32. The molecule has 1 aliphatic rings. The lowest BCUT2D eigenvalue weighted by molar-refractivity contribution is 0.214. The lowest BCUT2D eigenvalue weighted by Crippen LogP contribution is -2.13. The summed E-state index contributed by atoms with van der Waals surface area (Å²) in [7, 11) is 1.58. The largest absolute Gasteiger partial charge is 0.472 e. The summed E-state index contributed by atoms with van der Waals surface area (Å²) < 4.78 is 5.32. The number of hydrogen-bond donors (Lipinski definition) is 0. The van der Waals surface area contributed by atoms with Gasteiger partial charge in [0.05, 0.1) is 12.5 Å². The molecule has 4 rings (SSSR count). The number of allylic oxidation sites excluding steroid dienone is 1. The van der Waals surface area contributed by atoms with E-state index in [-0.39, 0.29) is 0 Å². The monoisotopic (exact) mass is 315 g/mol. The van der Waals surface area contributed by atoms with E-state index in [4.69, 9.17) is 9.25 Å². The number of benzene rings is 2. The predicted molar refractivity (Wildman–Crippen MR) is 96.7 cm³/mol. The van der Waals surface area contributed by atoms with E-state index in [0.29, 0.717) is 0 Å². The van der Waals surface area contributed by atoms with Gasteiger partial charge < -0.3 is 9.25 Å². The third kappa shape index (κ3) is 2.26. The SMILES string of the molecule is CO/N=C1/C(=C\c2cocc2C)c2ccccc2-c2ccccc21. The number of furan rings is 1. The minimum absolute atomic E-state index is 0.840. The van der Waals surface area contributed by atoms with Crippen LogP contribution in [0.5, 0.6) is 0 Å². The van der Waals surface area contributed by atoms with Gasteiger partial charge >= 0.3 is 0 Å². The van der Waals surface area contributed by atoms with E-state index in [9.17, 15) is 0 Å². The summed E-state index contributed by atoms with van der Waals surface area (Å²) in [5.41, 5.74) is 8.61. The van der Waals surface area contributed by atoms with Crippen LogP contribution in [0.2, 0.25) is 0 Å². The molecule has 0 N–H and O–H groups in total. The van der Waals surface area contributed by atoms with Crippen LogP contribution in [0.4, 0.5) is 0 Å². The van der Waals surface area contributed by atoms with E-state index >= 15 is 0 Å². The number of rotatable bonds is 2. The van der Waals surface area contributed by atoms with E-state index in [1.807, 2.05) is 19.1 Å². The zero-order chi connectivity index (χ0) is 16.5. The Labute approximate surface area is 140 Å². The number of hydrogen-bond acceptors (Lipinski definition) is 3. The molecule has 1 heterocycles. The van der Waals surface area contributed by atoms with Crippen molar-refractivity contribution in [2.75, 3.05) is 7.11 Å². The van der Waals surface area contributed by atoms with Crippen LogP contribution < -0.4 is 0 Å². The molecule has 0 aliphatic heterocycles. The van der Waals surface area contributed by atoms with Crippen molar-refractivity contribution < 1.29 is 9.25 Å². The van der Waals surface area contributed by atoms with E-state index in [1.165, 1.54) is 11.1 Å². The summed E-state index contributed by atoms with van der Waals surface area (Å²) in [6.45, 7) is 2.03. The van der Waals surface area contributed by atoms with Gasteiger partial charge in [0.1, 0.15) is 12.8 Å². The first-order valence-electron chi connectivity index (χ1n) is 7.85. The minimum Gasteiger partial charge on any atom is -0.472 e. The first-order valence-corrected chi connectivity index (χ1v) is 7.85. The molecule has 24 heavy (non-hydrogen) atoms. The smallest absolute Gasteiger partial charge is 0.118 e. The number of aryl methyl sites for hydroxylation is 1. The van der Waals surface area contributed by atoms with Gasteiger partial charge in [0.2, 0.25) is 0 Å². The van der Waals surface area contributed by atoms with Gasteiger partial charge in [0.15, 0.2) is 0 Å². The number of nitrogens with zero attached hydrogens (tertiary/aromatic N) is 1. The molecule has 3 heteroatoms. The van der Waals surface area contributed by atoms with Crippen LogP contribution in [0, 0.1) is 6.92 Å². The maximum Gasteiger partial charge on any atom is 0.118 e. The van der Waals surface area contributed by atoms with Crippen molar-refractivity contribution in [2.45, 2.75) is 6.92 Å². The summed E-state index contributed by atoms with van der Waals surface area (Å²) in [4.78, 5) is 5.16. The van der Waals surface area contributed by atoms with Crippen LogP contribution in [0.3, 0.4) is 0 Å². The topological polar surface area (TPSA) is 34.7 Å². The zero-order valence-corrected chi connectivity index (χ0v) is 13.6. The van der Waals surface area contributed by atoms with Crippen molar-refractivity contribution >= 4 is 17.4 Å². The van der Waals surface area contributed by atoms with Gasteiger partial charge in [-0.15, -0.1) is 0 Å². The zero-order valence-electron chi connectivity index (χ0n) is 13.6. The van der Waals surface area contributed by atoms with Crippen LogP contribution in [0.1, 0.15) is 22.3 Å². The molecule has 0 amide bonds. The first-order chi connectivity index (χ1) is 11.8. The molecular weight excluding hydrogens is 298 g/mol. The molecule has 0 bridgehead atoms. The van der Waals surface area contributed by atoms with Gasteiger partial charge in [-0.2, -0.15) is 0 Å². The van der Waals surface area contributed by atoms with Crippen LogP contribution in [-0.4, -0.2) is 12.8 Å². The van der Waals surface area contributed by atoms with E-state index in [2.05, 4.69) is 47.6 Å². The lowest BCUT2D eigenvalue weighted by atomic mass is 9.80. The Hall–Kier alpha value is -3.07. The van der Waals surface area contributed by atoms with Gasteiger partial charge in [-0.1, -0.05) is 53.7 Å². The summed E-state index contributed by atoms with van der Waals surface area (Å²) >= 11 is 0. The first kappa shape index (κ1) is 14.5. The Bertz CT molecular complexity index is 963. The van der Waals surface area contributed by atoms with Crippen LogP contribution >= 0.6 is 0 Å². The Morgan fingerprint density at radius 3 is 2.12 bits per heavy atom. The Kier molecular flexibility index (Phi) is 3.54. The minimum atomic E-state index is 0.840. The second kappa shape index (κ2) is 5.85. The molecule has 1 aliphatic carbocycles. The van der Waals surface area contributed by atoms with E-state index in [0.717, 1.165) is 33.5 Å². The second-order valence-electron chi connectivity index (χ2n) is 5.78. The average Bonchev–Trinajstić information content (AvgIpc) is 3.03. The van der Waals surface area contributed by atoms with Crippen molar-refractivity contribution in [3.63, 3.8) is 0 Å². The molecular formula is C21H17NO2. The molecule has 0 saturated heterocycles. The highest BCUT2D eigenvalue weighted by Gasteiger charge is 2.26. The fourth-order valence-electron chi connectivity index (χ4n) is 3.16. The van der Waals surface area contributed by atoms with E-state index < -0.39 is 0 Å². The van der Waals surface area contributed by atoms with Gasteiger partial charge in [0, 0.05) is 16.7 Å². The van der Waals surface area contributed by atoms with Gasteiger partial charge in [-0.3, -0.25) is 0 Å². The van der Waals surface area contributed by atoms with Crippen molar-refractivity contribution in [3.8, 4) is 11.1 Å². The molecule has 1 aromatic heterocycles. The van der Waals surface area contributed by atoms with Crippen molar-refractivity contribution in [1.29, 1.82) is 0 Å². The van der Waals surface area contributed by atoms with Crippen molar-refractivity contribution in [3.05, 3.63) is 83.3 Å². The summed E-state index contributed by atoms with van der Waals surface area (Å²) in [5, 5.41) is 4.33. The molecule has 0 radical (unpaired) electrons. The lowest BCUT2D eigenvalue weighted by Gasteiger charge is -2.23. The molecule has 2 aromatic carbocycles. The number of oxime groups is 1. The fraction of sp³-hybridized carbons (Fsp3) is 0.0952. The number of fused-ring (bicyclic) bond motifs is 3. The maximum absolute atomic E-state index is 5.32. The Morgan fingerprint density at radius 2 is 1.50 bits per heavy atom. The molecule has 0 atom stereocenters. The second-order valence-corrected chi connectivity index (χ2v) is 5.78. The highest BCUT2D eigenvalue weighted by molar-refractivity contribution is 6.39. The van der Waals surface area contributed by atoms with Crippen LogP contribution in [0.15, 0.2) is 70.6 Å². The quantitative estimate of drug-likeness (QED) is 0.612. The molecule has 0 spiro atoms. The predicted octanol–water partition coefficient (Wildman–Crippen LogP) is 5.16. The molecule has 0 saturated carbocycles. The van der Waals surface area contributed by atoms with Crippen molar-refractivity contribution in [2.24, 2.45) is 5.16 Å². The fourth-order valence-corrected chi connectivity index (χ4v) is 3.16. The molecule has 0 fully saturated rings. The Morgan fingerprint density at radius 1 is 0.875 bits per heavy atom. The highest BCUT2D eigenvalue weighted by Crippen LogP contribution is 2.40. The molecule has 3 aromatic rings. The highest BCUT2D eigenvalue weighted by atomic mass is 16.6. The standard InChI is InChI=1S/C21H17NO2/c1-14-12-24-13-15(14)11-20-18-9-4-3-7-16(18)17-8-5-6-10-19(17)21(20)22-23-2/h3-13H,1-2H3/b20-11-,22-21+. The Balaban J connectivity index is 2.04. The van der Waals surface area contributed by atoms with E-state index in [1.54, 1.807) is 19.6 Å². The summed E-state index contributed by atoms with van der Waals surface area (Å²) in [6.07, 6.45) is 5.63. The van der Waals surface area contributed by atoms with Gasteiger partial charge in [-0.25, -0.2) is 0 Å². The van der Waals surface area contributed by atoms with Crippen LogP contribution in [-0.2, 0) is 4.84 Å². The third-order valence-corrected chi connectivity index (χ3v) is 4.32. The normalized spacial score (nSPS) is 16.1. The average molecular weight is 315 g/mol. The molecule has 118 valence electrons. The summed E-state index contributed by atoms with van der Waals surface area (Å²) in [6, 6.07) is 16.7. The molecule has 3 nitrogen and oxygen atoms in total. The van der Waals surface area contributed by atoms with Gasteiger partial charge in [0.25, 0.3) is 0 Å². The van der Waals surface area contributed by atoms with Crippen LogP contribution in [0.25, 0.3) is 22.8 Å².